The number of carbonyl (C=O) groups is 4. The summed E-state index contributed by atoms with van der Waals surface area (Å²) in [5.74, 6) is -1.82. The largest absolute Gasteiger partial charge is 0.477 e. The number of aromatic carboxylic acids is 1. The van der Waals surface area contributed by atoms with Gasteiger partial charge in [0.25, 0.3) is 11.8 Å². The molecule has 174 valence electrons. The van der Waals surface area contributed by atoms with E-state index in [0.29, 0.717) is 60.8 Å². The highest BCUT2D eigenvalue weighted by molar-refractivity contribution is 7.14. The number of H-pyrrole nitrogens is 1. The molecule has 0 spiro atoms. The predicted octanol–water partition coefficient (Wildman–Crippen LogP) is 2.57. The predicted molar refractivity (Wildman–Crippen MR) is 125 cm³/mol. The first-order chi connectivity index (χ1) is 15.8. The van der Waals surface area contributed by atoms with Crippen LogP contribution in [0.5, 0.6) is 0 Å². The third-order valence-corrected chi connectivity index (χ3v) is 5.72. The first kappa shape index (κ1) is 24.1. The molecule has 6 N–H and O–H groups in total. The number of fused-ring (bicyclic) bond motifs is 1. The van der Waals surface area contributed by atoms with Gasteiger partial charge in [0.05, 0.1) is 0 Å². The molecule has 0 atom stereocenters. The monoisotopic (exact) mass is 471 g/mol. The molecule has 0 fully saturated rings. The van der Waals surface area contributed by atoms with Gasteiger partial charge in [0, 0.05) is 34.8 Å². The number of Topliss-reactive ketones (excluding diaryl/α,β-unsaturated/α-hetero) is 1. The van der Waals surface area contributed by atoms with E-state index in [1.54, 1.807) is 18.2 Å². The molecule has 3 rings (SSSR count). The zero-order valence-corrected chi connectivity index (χ0v) is 18.9. The van der Waals surface area contributed by atoms with Gasteiger partial charge in [-0.25, -0.2) is 9.78 Å². The molecular formula is C22H25N5O5S. The van der Waals surface area contributed by atoms with Crippen LogP contribution in [-0.4, -0.2) is 51.7 Å². The van der Waals surface area contributed by atoms with Gasteiger partial charge in [-0.15, -0.1) is 11.3 Å². The molecule has 11 heteroatoms. The fraction of sp³-hybridized carbons (Fsp3) is 0.318. The van der Waals surface area contributed by atoms with E-state index in [1.807, 2.05) is 0 Å². The van der Waals surface area contributed by atoms with Crippen LogP contribution >= 0.6 is 11.3 Å². The quantitative estimate of drug-likeness (QED) is 0.268. The Morgan fingerprint density at radius 3 is 2.67 bits per heavy atom. The molecule has 0 saturated carbocycles. The number of nitrogens with zero attached hydrogens (tertiary/aromatic N) is 1. The molecule has 0 aliphatic rings. The second kappa shape index (κ2) is 10.8. The summed E-state index contributed by atoms with van der Waals surface area (Å²) in [4.78, 5) is 54.5. The van der Waals surface area contributed by atoms with E-state index >= 15 is 0 Å². The lowest BCUT2D eigenvalue weighted by atomic mass is 10.0. The van der Waals surface area contributed by atoms with Crippen LogP contribution in [0.25, 0.3) is 10.9 Å². The van der Waals surface area contributed by atoms with Gasteiger partial charge >= 0.3 is 5.97 Å². The van der Waals surface area contributed by atoms with E-state index in [0.717, 1.165) is 11.3 Å². The van der Waals surface area contributed by atoms with Crippen molar-refractivity contribution in [3.05, 3.63) is 46.1 Å². The average molecular weight is 472 g/mol. The van der Waals surface area contributed by atoms with Gasteiger partial charge in [-0.1, -0.05) is 0 Å². The Morgan fingerprint density at radius 2 is 1.97 bits per heavy atom. The van der Waals surface area contributed by atoms with Crippen molar-refractivity contribution >= 4 is 50.9 Å². The number of hydrogen-bond donors (Lipinski definition) is 5. The fourth-order valence-corrected chi connectivity index (χ4v) is 4.03. The Labute approximate surface area is 193 Å². The molecule has 10 nitrogen and oxygen atoms in total. The Kier molecular flexibility index (Phi) is 7.91. The van der Waals surface area contributed by atoms with Crippen molar-refractivity contribution in [2.75, 3.05) is 18.4 Å². The van der Waals surface area contributed by atoms with Gasteiger partial charge < -0.3 is 25.9 Å². The smallest absolute Gasteiger partial charge is 0.352 e. The van der Waals surface area contributed by atoms with Gasteiger partial charge in [-0.3, -0.25) is 14.9 Å². The van der Waals surface area contributed by atoms with Gasteiger partial charge in [0.15, 0.2) is 5.13 Å². The van der Waals surface area contributed by atoms with Crippen molar-refractivity contribution in [1.29, 1.82) is 0 Å². The number of anilines is 1. The van der Waals surface area contributed by atoms with Crippen molar-refractivity contribution in [2.24, 2.45) is 5.73 Å². The van der Waals surface area contributed by atoms with Crippen LogP contribution < -0.4 is 16.4 Å². The molecule has 0 aliphatic carbocycles. The Balaban J connectivity index is 1.71. The van der Waals surface area contributed by atoms with Gasteiger partial charge in [0.2, 0.25) is 0 Å². The van der Waals surface area contributed by atoms with Crippen LogP contribution in [0.4, 0.5) is 5.13 Å². The maximum atomic E-state index is 12.8. The van der Waals surface area contributed by atoms with Gasteiger partial charge in [-0.2, -0.15) is 0 Å². The molecule has 2 amide bonds. The minimum Gasteiger partial charge on any atom is -0.477 e. The molecule has 0 aliphatic heterocycles. The number of aromatic amines is 1. The number of nitrogens with two attached hydrogens (primary N) is 1. The number of ketones is 1. The van der Waals surface area contributed by atoms with Crippen LogP contribution in [-0.2, 0) is 11.2 Å². The molecule has 0 unspecified atom stereocenters. The van der Waals surface area contributed by atoms with Gasteiger partial charge in [0.1, 0.15) is 17.2 Å². The lowest BCUT2D eigenvalue weighted by Crippen LogP contribution is -2.25. The maximum absolute atomic E-state index is 12.8. The average Bonchev–Trinajstić information content (AvgIpc) is 3.39. The van der Waals surface area contributed by atoms with Crippen molar-refractivity contribution in [2.45, 2.75) is 32.6 Å². The SMILES string of the molecule is CC(=O)CCCNC(=O)c1csc(NC(=O)c2ccc3[nH]c(C(=O)O)c(CCCN)c3c2)n1. The lowest BCUT2D eigenvalue weighted by molar-refractivity contribution is -0.117. The number of aryl methyl sites for hydroxylation is 1. The second-order valence-corrected chi connectivity index (χ2v) is 8.35. The first-order valence-electron chi connectivity index (χ1n) is 10.4. The summed E-state index contributed by atoms with van der Waals surface area (Å²) >= 11 is 1.12. The number of benzene rings is 1. The fourth-order valence-electron chi connectivity index (χ4n) is 3.34. The molecule has 2 aromatic heterocycles. The number of aromatic nitrogens is 2. The van der Waals surface area contributed by atoms with E-state index in [4.69, 9.17) is 5.73 Å². The summed E-state index contributed by atoms with van der Waals surface area (Å²) in [5.41, 5.74) is 7.40. The van der Waals surface area contributed by atoms with Crippen LogP contribution in [0.1, 0.15) is 63.1 Å². The van der Waals surface area contributed by atoms with Crippen molar-refractivity contribution < 1.29 is 24.3 Å². The van der Waals surface area contributed by atoms with Gasteiger partial charge in [-0.05, 0) is 56.5 Å². The number of hydrogen-bond acceptors (Lipinski definition) is 7. The van der Waals surface area contributed by atoms with E-state index < -0.39 is 11.9 Å². The van der Waals surface area contributed by atoms with E-state index in [1.165, 1.54) is 12.3 Å². The molecule has 1 aromatic carbocycles. The highest BCUT2D eigenvalue weighted by atomic mass is 32.1. The van der Waals surface area contributed by atoms with Crippen LogP contribution in [0.2, 0.25) is 0 Å². The molecule has 33 heavy (non-hydrogen) atoms. The standard InChI is InChI=1S/C22H25N5O5S/c1-12(28)4-3-9-24-20(30)17-11-33-22(26-17)27-19(29)13-6-7-16-15(10-13)14(5-2-8-23)18(25-16)21(31)32/h6-7,10-11,25H,2-5,8-9,23H2,1H3,(H,24,30)(H,31,32)(H,26,27,29). The van der Waals surface area contributed by atoms with Crippen LogP contribution in [0, 0.1) is 0 Å². The van der Waals surface area contributed by atoms with E-state index in [9.17, 15) is 24.3 Å². The minimum atomic E-state index is -1.07. The topological polar surface area (TPSA) is 167 Å². The minimum absolute atomic E-state index is 0.0615. The Morgan fingerprint density at radius 1 is 1.18 bits per heavy atom. The highest BCUT2D eigenvalue weighted by Crippen LogP contribution is 2.26. The summed E-state index contributed by atoms with van der Waals surface area (Å²) in [6, 6.07) is 4.88. The van der Waals surface area contributed by atoms with Crippen molar-refractivity contribution in [3.8, 4) is 0 Å². The van der Waals surface area contributed by atoms with Crippen LogP contribution in [0.15, 0.2) is 23.6 Å². The molecule has 2 heterocycles. The summed E-state index contributed by atoms with van der Waals surface area (Å²) in [6.45, 7) is 2.28. The van der Waals surface area contributed by atoms with Crippen molar-refractivity contribution in [1.82, 2.24) is 15.3 Å². The molecule has 0 bridgehead atoms. The third kappa shape index (κ3) is 6.02. The highest BCUT2D eigenvalue weighted by Gasteiger charge is 2.19. The zero-order chi connectivity index (χ0) is 24.0. The second-order valence-electron chi connectivity index (χ2n) is 7.49. The molecule has 0 radical (unpaired) electrons. The number of rotatable bonds is 11. The number of carboxylic acids is 1. The number of thiazole rings is 1. The summed E-state index contributed by atoms with van der Waals surface area (Å²) in [7, 11) is 0. The summed E-state index contributed by atoms with van der Waals surface area (Å²) < 4.78 is 0. The Bertz CT molecular complexity index is 1200. The number of amides is 2. The molecule has 0 saturated heterocycles. The van der Waals surface area contributed by atoms with Crippen LogP contribution in [0.3, 0.4) is 0 Å². The summed E-state index contributed by atoms with van der Waals surface area (Å²) in [5, 5.41) is 17.3. The lowest BCUT2D eigenvalue weighted by Gasteiger charge is -2.04. The molecule has 3 aromatic rings. The molecular weight excluding hydrogens is 446 g/mol. The van der Waals surface area contributed by atoms with Crippen molar-refractivity contribution in [3.63, 3.8) is 0 Å². The maximum Gasteiger partial charge on any atom is 0.352 e. The first-order valence-corrected chi connectivity index (χ1v) is 11.3. The normalized spacial score (nSPS) is 10.8. The van der Waals surface area contributed by atoms with E-state index in [-0.39, 0.29) is 28.2 Å². The zero-order valence-electron chi connectivity index (χ0n) is 18.1. The Hall–Kier alpha value is -3.57. The number of carboxylic acid groups (broad SMARTS) is 1. The van der Waals surface area contributed by atoms with E-state index in [2.05, 4.69) is 20.6 Å². The number of nitrogens with one attached hydrogen (secondary N) is 3. The third-order valence-electron chi connectivity index (χ3n) is 4.96. The summed E-state index contributed by atoms with van der Waals surface area (Å²) in [6.07, 6.45) is 2.03. The number of carbonyl (C=O) groups excluding carboxylic acids is 3.